The molecule has 0 nitrogen and oxygen atoms in total. The average molecular weight is 172 g/mol. The lowest BCUT2D eigenvalue weighted by Gasteiger charge is -2.19. The molecule has 0 radical (unpaired) electrons. The Morgan fingerprint density at radius 3 is 2.62 bits per heavy atom. The highest BCUT2D eigenvalue weighted by atomic mass is 14.2. The summed E-state index contributed by atoms with van der Waals surface area (Å²) in [5.74, 6) is 0.694. The zero-order valence-electron chi connectivity index (χ0n) is 8.59. The smallest absolute Gasteiger partial charge is 0.0150 e. The van der Waals surface area contributed by atoms with Crippen LogP contribution < -0.4 is 0 Å². The first kappa shape index (κ1) is 8.55. The first-order valence-electron chi connectivity index (χ1n) is 4.96. The largest absolute Gasteiger partial charge is 0.0833 e. The van der Waals surface area contributed by atoms with E-state index in [4.69, 9.17) is 0 Å². The fourth-order valence-electron chi connectivity index (χ4n) is 1.96. The predicted octanol–water partition coefficient (Wildman–Crippen LogP) is 3.82. The van der Waals surface area contributed by atoms with Gasteiger partial charge < -0.3 is 0 Å². The minimum atomic E-state index is 0.694. The van der Waals surface area contributed by atoms with Crippen molar-refractivity contribution in [1.82, 2.24) is 0 Å². The summed E-state index contributed by atoms with van der Waals surface area (Å²) in [6, 6.07) is 4.65. The molecule has 0 fully saturated rings. The van der Waals surface area contributed by atoms with Crippen LogP contribution in [0, 0.1) is 13.8 Å². The molecule has 0 heterocycles. The van der Waals surface area contributed by atoms with Crippen LogP contribution in [0.15, 0.2) is 18.2 Å². The van der Waals surface area contributed by atoms with Gasteiger partial charge in [0.15, 0.2) is 0 Å². The number of benzene rings is 1. The molecule has 0 aromatic heterocycles. The molecule has 1 aliphatic carbocycles. The van der Waals surface area contributed by atoms with E-state index in [-0.39, 0.29) is 0 Å². The molecule has 0 spiro atoms. The molecule has 0 aliphatic heterocycles. The second kappa shape index (κ2) is 3.02. The Kier molecular flexibility index (Phi) is 1.99. The molecule has 1 atom stereocenters. The van der Waals surface area contributed by atoms with Gasteiger partial charge in [-0.15, -0.1) is 0 Å². The molecule has 0 bridgehead atoms. The van der Waals surface area contributed by atoms with E-state index in [0.29, 0.717) is 5.92 Å². The first-order chi connectivity index (χ1) is 6.18. The predicted molar refractivity (Wildman–Crippen MR) is 58.0 cm³/mol. The summed E-state index contributed by atoms with van der Waals surface area (Å²) in [6.07, 6.45) is 5.72. The van der Waals surface area contributed by atoms with Crippen molar-refractivity contribution in [1.29, 1.82) is 0 Å². The number of allylic oxidation sites excluding steroid dienone is 1. The van der Waals surface area contributed by atoms with Gasteiger partial charge in [0, 0.05) is 0 Å². The van der Waals surface area contributed by atoms with E-state index in [2.05, 4.69) is 45.1 Å². The van der Waals surface area contributed by atoms with Gasteiger partial charge in [-0.3, -0.25) is 0 Å². The minimum Gasteiger partial charge on any atom is -0.0833 e. The zero-order chi connectivity index (χ0) is 9.42. The van der Waals surface area contributed by atoms with Crippen LogP contribution in [-0.2, 0) is 0 Å². The Bertz CT molecular complexity index is 359. The molecule has 1 aliphatic rings. The monoisotopic (exact) mass is 172 g/mol. The molecule has 1 aromatic rings. The van der Waals surface area contributed by atoms with Crippen LogP contribution in [0.2, 0.25) is 0 Å². The van der Waals surface area contributed by atoms with E-state index in [1.165, 1.54) is 28.7 Å². The van der Waals surface area contributed by atoms with Crippen LogP contribution in [0.1, 0.15) is 41.5 Å². The normalized spacial score (nSPS) is 20.1. The van der Waals surface area contributed by atoms with Gasteiger partial charge in [0.2, 0.25) is 0 Å². The first-order valence-corrected chi connectivity index (χ1v) is 4.96. The molecular formula is C13H16. The molecule has 1 unspecified atom stereocenters. The van der Waals surface area contributed by atoms with Crippen LogP contribution in [-0.4, -0.2) is 0 Å². The maximum absolute atomic E-state index is 2.35. The topological polar surface area (TPSA) is 0 Å². The van der Waals surface area contributed by atoms with Crippen molar-refractivity contribution >= 4 is 6.08 Å². The Hall–Kier alpha value is -1.04. The molecule has 1 aromatic carbocycles. The number of hydrogen-bond acceptors (Lipinski definition) is 0. The van der Waals surface area contributed by atoms with Crippen molar-refractivity contribution in [3.8, 4) is 0 Å². The average Bonchev–Trinajstić information content (AvgIpc) is 2.09. The van der Waals surface area contributed by atoms with Crippen molar-refractivity contribution in [2.75, 3.05) is 0 Å². The Labute approximate surface area is 80.3 Å². The van der Waals surface area contributed by atoms with Crippen LogP contribution in [0.3, 0.4) is 0 Å². The van der Waals surface area contributed by atoms with E-state index in [0.717, 1.165) is 0 Å². The van der Waals surface area contributed by atoms with E-state index in [9.17, 15) is 0 Å². The van der Waals surface area contributed by atoms with Gasteiger partial charge in [-0.2, -0.15) is 0 Å². The number of aryl methyl sites for hydroxylation is 2. The quantitative estimate of drug-likeness (QED) is 0.558. The number of rotatable bonds is 0. The molecular weight excluding hydrogens is 156 g/mol. The van der Waals surface area contributed by atoms with Crippen LogP contribution in [0.5, 0.6) is 0 Å². The zero-order valence-corrected chi connectivity index (χ0v) is 8.59. The van der Waals surface area contributed by atoms with Gasteiger partial charge in [-0.05, 0) is 48.4 Å². The maximum atomic E-state index is 2.35. The highest BCUT2D eigenvalue weighted by molar-refractivity contribution is 5.59. The third kappa shape index (κ3) is 1.41. The van der Waals surface area contributed by atoms with E-state index in [1.807, 2.05) is 0 Å². The lowest BCUT2D eigenvalue weighted by molar-refractivity contribution is 0.770. The summed E-state index contributed by atoms with van der Waals surface area (Å²) in [5, 5.41) is 0. The lowest BCUT2D eigenvalue weighted by Crippen LogP contribution is -2.01. The van der Waals surface area contributed by atoms with E-state index >= 15 is 0 Å². The fourth-order valence-corrected chi connectivity index (χ4v) is 1.96. The van der Waals surface area contributed by atoms with Crippen LogP contribution in [0.4, 0.5) is 0 Å². The van der Waals surface area contributed by atoms with Gasteiger partial charge in [0.25, 0.3) is 0 Å². The second-order valence-electron chi connectivity index (χ2n) is 4.10. The van der Waals surface area contributed by atoms with Crippen LogP contribution in [0.25, 0.3) is 6.08 Å². The van der Waals surface area contributed by atoms with Gasteiger partial charge >= 0.3 is 0 Å². The van der Waals surface area contributed by atoms with Crippen molar-refractivity contribution in [3.63, 3.8) is 0 Å². The highest BCUT2D eigenvalue weighted by Crippen LogP contribution is 2.30. The molecule has 0 N–H and O–H groups in total. The van der Waals surface area contributed by atoms with Gasteiger partial charge in [-0.25, -0.2) is 0 Å². The van der Waals surface area contributed by atoms with E-state index in [1.54, 1.807) is 0 Å². The Balaban J connectivity index is 2.60. The lowest BCUT2D eigenvalue weighted by atomic mass is 9.86. The third-order valence-corrected chi connectivity index (χ3v) is 3.02. The van der Waals surface area contributed by atoms with Gasteiger partial charge in [-0.1, -0.05) is 31.2 Å². The summed E-state index contributed by atoms with van der Waals surface area (Å²) < 4.78 is 0. The highest BCUT2D eigenvalue weighted by Gasteiger charge is 2.12. The standard InChI is InChI=1S/C13H16/c1-9-5-4-6-12-7-10(2)11(3)8-13(9)12/h4,6-9H,5H2,1-3H3. The summed E-state index contributed by atoms with van der Waals surface area (Å²) in [6.45, 7) is 6.68. The Morgan fingerprint density at radius 2 is 1.85 bits per heavy atom. The molecule has 0 amide bonds. The molecule has 0 saturated heterocycles. The number of hydrogen-bond donors (Lipinski definition) is 0. The summed E-state index contributed by atoms with van der Waals surface area (Å²) in [5.41, 5.74) is 5.76. The van der Waals surface area contributed by atoms with Gasteiger partial charge in [0.1, 0.15) is 0 Å². The summed E-state index contributed by atoms with van der Waals surface area (Å²) in [4.78, 5) is 0. The maximum Gasteiger partial charge on any atom is -0.0150 e. The number of fused-ring (bicyclic) bond motifs is 1. The SMILES string of the molecule is Cc1cc2c(cc1C)C(C)CC=C2. The fraction of sp³-hybridized carbons (Fsp3) is 0.385. The van der Waals surface area contributed by atoms with Crippen molar-refractivity contribution in [2.24, 2.45) is 0 Å². The van der Waals surface area contributed by atoms with Crippen LogP contribution >= 0.6 is 0 Å². The third-order valence-electron chi connectivity index (χ3n) is 3.02. The molecule has 0 saturated carbocycles. The molecule has 13 heavy (non-hydrogen) atoms. The summed E-state index contributed by atoms with van der Waals surface area (Å²) in [7, 11) is 0. The molecule has 68 valence electrons. The Morgan fingerprint density at radius 1 is 1.15 bits per heavy atom. The summed E-state index contributed by atoms with van der Waals surface area (Å²) >= 11 is 0. The minimum absolute atomic E-state index is 0.694. The van der Waals surface area contributed by atoms with Gasteiger partial charge in [0.05, 0.1) is 0 Å². The van der Waals surface area contributed by atoms with Crippen molar-refractivity contribution in [2.45, 2.75) is 33.1 Å². The van der Waals surface area contributed by atoms with E-state index < -0.39 is 0 Å². The second-order valence-corrected chi connectivity index (χ2v) is 4.10. The molecule has 0 heteroatoms. The molecule has 2 rings (SSSR count). The van der Waals surface area contributed by atoms with Crippen molar-refractivity contribution < 1.29 is 0 Å². The van der Waals surface area contributed by atoms with Crippen molar-refractivity contribution in [3.05, 3.63) is 40.5 Å².